The molecule has 7 heteroatoms. The smallest absolute Gasteiger partial charge is 0.234 e. The number of hydrogen-bond donors (Lipinski definition) is 2. The lowest BCUT2D eigenvalue weighted by molar-refractivity contribution is 0.396. The summed E-state index contributed by atoms with van der Waals surface area (Å²) in [6, 6.07) is 2.35. The second-order valence-electron chi connectivity index (χ2n) is 6.96. The molecule has 0 aliphatic carbocycles. The van der Waals surface area contributed by atoms with Gasteiger partial charge in [-0.2, -0.15) is 9.97 Å². The number of nitrogens with one attached hydrogen (secondary N) is 2. The van der Waals surface area contributed by atoms with Gasteiger partial charge in [-0.15, -0.1) is 0 Å². The van der Waals surface area contributed by atoms with Crippen molar-refractivity contribution in [3.8, 4) is 5.88 Å². The van der Waals surface area contributed by atoms with Gasteiger partial charge >= 0.3 is 0 Å². The summed E-state index contributed by atoms with van der Waals surface area (Å²) in [4.78, 5) is 11.3. The van der Waals surface area contributed by atoms with E-state index in [1.54, 1.807) is 7.11 Å². The van der Waals surface area contributed by atoms with Crippen molar-refractivity contribution in [3.63, 3.8) is 0 Å². The van der Waals surface area contributed by atoms with Gasteiger partial charge in [-0.3, -0.25) is 0 Å². The average molecular weight is 337 g/mol. The van der Waals surface area contributed by atoms with Crippen LogP contribution in [0.5, 0.6) is 5.88 Å². The van der Waals surface area contributed by atoms with E-state index in [0.717, 1.165) is 12.4 Å². The van der Waals surface area contributed by atoms with Gasteiger partial charge in [0.15, 0.2) is 5.11 Å². The third-order valence-corrected chi connectivity index (χ3v) is 3.91. The highest BCUT2D eigenvalue weighted by atomic mass is 32.1. The summed E-state index contributed by atoms with van der Waals surface area (Å²) in [5, 5.41) is 6.76. The van der Waals surface area contributed by atoms with Gasteiger partial charge in [0.25, 0.3) is 0 Å². The molecule has 0 spiro atoms. The van der Waals surface area contributed by atoms with Crippen LogP contribution in [-0.2, 0) is 0 Å². The molecule has 6 nitrogen and oxygen atoms in total. The van der Waals surface area contributed by atoms with Gasteiger partial charge in [0, 0.05) is 24.2 Å². The number of thiocarbonyl (C=S) groups is 1. The Hall–Kier alpha value is -1.63. The fraction of sp³-hybridized carbons (Fsp3) is 0.688. The van der Waals surface area contributed by atoms with E-state index in [1.807, 2.05) is 26.8 Å². The molecule has 23 heavy (non-hydrogen) atoms. The second kappa shape index (κ2) is 7.29. The maximum atomic E-state index is 5.33. The van der Waals surface area contributed by atoms with E-state index >= 15 is 0 Å². The van der Waals surface area contributed by atoms with E-state index < -0.39 is 0 Å². The number of aromatic nitrogens is 2. The third kappa shape index (κ3) is 5.20. The number of ether oxygens (including phenoxy) is 1. The van der Waals surface area contributed by atoms with Gasteiger partial charge in [-0.25, -0.2) is 0 Å². The first-order chi connectivity index (χ1) is 10.8. The Morgan fingerprint density at radius 3 is 2.70 bits per heavy atom. The van der Waals surface area contributed by atoms with Gasteiger partial charge in [0.1, 0.15) is 5.82 Å². The van der Waals surface area contributed by atoms with Crippen LogP contribution in [0.15, 0.2) is 6.07 Å². The fourth-order valence-corrected chi connectivity index (χ4v) is 3.03. The highest BCUT2D eigenvalue weighted by Gasteiger charge is 2.21. The molecule has 1 aliphatic heterocycles. The second-order valence-corrected chi connectivity index (χ2v) is 7.37. The van der Waals surface area contributed by atoms with Gasteiger partial charge in [0.05, 0.1) is 7.11 Å². The van der Waals surface area contributed by atoms with Crippen molar-refractivity contribution in [1.29, 1.82) is 0 Å². The zero-order valence-corrected chi connectivity index (χ0v) is 15.5. The van der Waals surface area contributed by atoms with Crippen molar-refractivity contribution in [2.45, 2.75) is 58.5 Å². The van der Waals surface area contributed by atoms with Crippen LogP contribution in [0.3, 0.4) is 0 Å². The van der Waals surface area contributed by atoms with E-state index in [-0.39, 0.29) is 5.54 Å². The molecule has 0 bridgehead atoms. The van der Waals surface area contributed by atoms with Gasteiger partial charge in [-0.05, 0) is 59.2 Å². The topological polar surface area (TPSA) is 62.3 Å². The number of nitrogens with zero attached hydrogens (tertiary/aromatic N) is 3. The summed E-state index contributed by atoms with van der Waals surface area (Å²) >= 11 is 5.33. The van der Waals surface area contributed by atoms with Crippen molar-refractivity contribution in [1.82, 2.24) is 15.3 Å². The van der Waals surface area contributed by atoms with Gasteiger partial charge in [-0.1, -0.05) is 0 Å². The van der Waals surface area contributed by atoms with Gasteiger partial charge < -0.3 is 20.3 Å². The SMILES string of the molecule is COc1cc(N2CCCC[C@@H]2C)nc(NC(=S)NC(C)(C)C)n1. The molecule has 0 amide bonds. The number of hydrogen-bond acceptors (Lipinski definition) is 5. The molecule has 1 aliphatic rings. The van der Waals surface area contributed by atoms with Crippen molar-refractivity contribution >= 4 is 29.1 Å². The van der Waals surface area contributed by atoms with Crippen molar-refractivity contribution < 1.29 is 4.74 Å². The molecule has 0 radical (unpaired) electrons. The molecule has 1 fully saturated rings. The predicted octanol–water partition coefficient (Wildman–Crippen LogP) is 2.95. The molecule has 0 saturated carbocycles. The van der Waals surface area contributed by atoms with Crippen LogP contribution >= 0.6 is 12.2 Å². The van der Waals surface area contributed by atoms with Crippen LogP contribution in [-0.4, -0.2) is 40.3 Å². The molecule has 1 saturated heterocycles. The normalized spacial score (nSPS) is 18.5. The summed E-state index contributed by atoms with van der Waals surface area (Å²) in [5.74, 6) is 1.87. The Balaban J connectivity index is 2.20. The Morgan fingerprint density at radius 2 is 2.09 bits per heavy atom. The summed E-state index contributed by atoms with van der Waals surface area (Å²) in [6.45, 7) is 9.38. The lowest BCUT2D eigenvalue weighted by Gasteiger charge is -2.34. The van der Waals surface area contributed by atoms with Gasteiger partial charge in [0.2, 0.25) is 11.8 Å². The largest absolute Gasteiger partial charge is 0.481 e. The summed E-state index contributed by atoms with van der Waals surface area (Å²) in [7, 11) is 1.61. The summed E-state index contributed by atoms with van der Waals surface area (Å²) < 4.78 is 5.32. The first kappa shape index (κ1) is 17.7. The number of methoxy groups -OCH3 is 1. The maximum absolute atomic E-state index is 5.33. The Morgan fingerprint density at radius 1 is 1.35 bits per heavy atom. The predicted molar refractivity (Wildman–Crippen MR) is 98.4 cm³/mol. The van der Waals surface area contributed by atoms with E-state index in [2.05, 4.69) is 32.4 Å². The molecule has 0 aromatic carbocycles. The molecule has 1 aromatic rings. The third-order valence-electron chi connectivity index (χ3n) is 3.71. The number of anilines is 2. The molecule has 0 unspecified atom stereocenters. The Kier molecular flexibility index (Phi) is 5.62. The maximum Gasteiger partial charge on any atom is 0.234 e. The van der Waals surface area contributed by atoms with E-state index in [0.29, 0.717) is 23.0 Å². The van der Waals surface area contributed by atoms with Crippen molar-refractivity contribution in [3.05, 3.63) is 6.07 Å². The molecular weight excluding hydrogens is 310 g/mol. The summed E-state index contributed by atoms with van der Waals surface area (Å²) in [6.07, 6.45) is 3.63. The van der Waals surface area contributed by atoms with Crippen LogP contribution in [0, 0.1) is 0 Å². The monoisotopic (exact) mass is 337 g/mol. The van der Waals surface area contributed by atoms with Crippen LogP contribution in [0.4, 0.5) is 11.8 Å². The molecule has 1 atom stereocenters. The highest BCUT2D eigenvalue weighted by molar-refractivity contribution is 7.80. The van der Waals surface area contributed by atoms with Crippen LogP contribution < -0.4 is 20.3 Å². The molecule has 2 heterocycles. The van der Waals surface area contributed by atoms with E-state index in [4.69, 9.17) is 17.0 Å². The number of piperidine rings is 1. The Labute approximate surface area is 144 Å². The summed E-state index contributed by atoms with van der Waals surface area (Å²) in [5.41, 5.74) is -0.118. The van der Waals surface area contributed by atoms with E-state index in [9.17, 15) is 0 Å². The first-order valence-corrected chi connectivity index (χ1v) is 8.48. The van der Waals surface area contributed by atoms with Crippen molar-refractivity contribution in [2.24, 2.45) is 0 Å². The van der Waals surface area contributed by atoms with Crippen LogP contribution in [0.2, 0.25) is 0 Å². The zero-order chi connectivity index (χ0) is 17.0. The molecule has 128 valence electrons. The molecule has 1 aromatic heterocycles. The lowest BCUT2D eigenvalue weighted by atomic mass is 10.0. The van der Waals surface area contributed by atoms with Crippen molar-refractivity contribution in [2.75, 3.05) is 23.9 Å². The standard InChI is InChI=1S/C16H27N5OS/c1-11-8-6-7-9-21(11)12-10-13(22-5)18-14(17-12)19-15(23)20-16(2,3)4/h10-11H,6-9H2,1-5H3,(H2,17,18,19,20,23)/t11-/m0/s1. The fourth-order valence-electron chi connectivity index (χ4n) is 2.63. The minimum Gasteiger partial charge on any atom is -0.481 e. The van der Waals surface area contributed by atoms with E-state index in [1.165, 1.54) is 19.3 Å². The molecule has 2 rings (SSSR count). The van der Waals surface area contributed by atoms with Crippen LogP contribution in [0.1, 0.15) is 47.0 Å². The first-order valence-electron chi connectivity index (χ1n) is 8.07. The lowest BCUT2D eigenvalue weighted by Crippen LogP contribution is -2.43. The number of rotatable bonds is 3. The zero-order valence-electron chi connectivity index (χ0n) is 14.6. The molecule has 2 N–H and O–H groups in total. The minimum absolute atomic E-state index is 0.118. The average Bonchev–Trinajstić information content (AvgIpc) is 2.45. The highest BCUT2D eigenvalue weighted by Crippen LogP contribution is 2.26. The minimum atomic E-state index is -0.118. The molecular formula is C16H27N5OS. The Bertz CT molecular complexity index is 558. The van der Waals surface area contributed by atoms with Crippen LogP contribution in [0.25, 0.3) is 0 Å². The quantitative estimate of drug-likeness (QED) is 0.822.